The van der Waals surface area contributed by atoms with Gasteiger partial charge in [0.1, 0.15) is 5.75 Å². The number of benzene rings is 1. The second-order valence-electron chi connectivity index (χ2n) is 4.74. The van der Waals surface area contributed by atoms with Crippen molar-refractivity contribution in [2.45, 2.75) is 26.3 Å². The zero-order chi connectivity index (χ0) is 15.9. The van der Waals surface area contributed by atoms with Crippen LogP contribution >= 0.6 is 0 Å². The zero-order valence-corrected chi connectivity index (χ0v) is 12.4. The molecular weight excluding hydrogens is 286 g/mol. The molecular formula is C15H19N3O4. The summed E-state index contributed by atoms with van der Waals surface area (Å²) < 4.78 is 6.92. The fourth-order valence-electron chi connectivity index (χ4n) is 2.14. The van der Waals surface area contributed by atoms with Gasteiger partial charge in [-0.15, -0.1) is 5.10 Å². The van der Waals surface area contributed by atoms with E-state index >= 15 is 0 Å². The summed E-state index contributed by atoms with van der Waals surface area (Å²) in [7, 11) is 0. The van der Waals surface area contributed by atoms with E-state index in [-0.39, 0.29) is 12.3 Å². The molecule has 118 valence electrons. The maximum absolute atomic E-state index is 11.3. The Morgan fingerprint density at radius 2 is 2.05 bits per heavy atom. The lowest BCUT2D eigenvalue weighted by Gasteiger charge is -2.08. The minimum Gasteiger partial charge on any atom is -0.494 e. The summed E-state index contributed by atoms with van der Waals surface area (Å²) in [6.07, 6.45) is 0.908. The van der Waals surface area contributed by atoms with Crippen LogP contribution in [-0.4, -0.2) is 44.4 Å². The normalized spacial score (nSPS) is 10.6. The highest BCUT2D eigenvalue weighted by atomic mass is 16.5. The lowest BCUT2D eigenvalue weighted by molar-refractivity contribution is 0.0689. The fourth-order valence-corrected chi connectivity index (χ4v) is 2.14. The van der Waals surface area contributed by atoms with E-state index in [1.807, 2.05) is 31.2 Å². The van der Waals surface area contributed by atoms with Crippen molar-refractivity contribution in [1.82, 2.24) is 15.0 Å². The molecule has 0 amide bonds. The van der Waals surface area contributed by atoms with Gasteiger partial charge in [0.25, 0.3) is 0 Å². The number of aromatic nitrogens is 3. The predicted molar refractivity (Wildman–Crippen MR) is 79.1 cm³/mol. The average Bonchev–Trinajstić information content (AvgIpc) is 2.90. The topological polar surface area (TPSA) is 97.5 Å². The van der Waals surface area contributed by atoms with Gasteiger partial charge >= 0.3 is 5.97 Å². The Morgan fingerprint density at radius 3 is 2.64 bits per heavy atom. The van der Waals surface area contributed by atoms with Gasteiger partial charge in [-0.3, -0.25) is 0 Å². The highest BCUT2D eigenvalue weighted by Crippen LogP contribution is 2.17. The van der Waals surface area contributed by atoms with Crippen molar-refractivity contribution in [3.05, 3.63) is 41.2 Å². The van der Waals surface area contributed by atoms with Crippen LogP contribution in [-0.2, 0) is 13.0 Å². The van der Waals surface area contributed by atoms with Gasteiger partial charge in [-0.2, -0.15) is 0 Å². The first-order valence-electron chi connectivity index (χ1n) is 7.14. The number of rotatable bonds is 8. The lowest BCUT2D eigenvalue weighted by atomic mass is 10.1. The summed E-state index contributed by atoms with van der Waals surface area (Å²) in [5.41, 5.74) is 1.43. The third-order valence-corrected chi connectivity index (χ3v) is 3.17. The van der Waals surface area contributed by atoms with Crippen molar-refractivity contribution >= 4 is 5.97 Å². The Bertz CT molecular complexity index is 622. The van der Waals surface area contributed by atoms with Crippen LogP contribution in [0.5, 0.6) is 5.75 Å². The molecule has 0 fully saturated rings. The summed E-state index contributed by atoms with van der Waals surface area (Å²) in [6.45, 7) is 2.96. The summed E-state index contributed by atoms with van der Waals surface area (Å²) in [6, 6.07) is 7.47. The van der Waals surface area contributed by atoms with Crippen molar-refractivity contribution in [2.24, 2.45) is 0 Å². The Hall–Kier alpha value is -2.41. The number of aliphatic hydroxyl groups excluding tert-OH is 1. The van der Waals surface area contributed by atoms with Crippen molar-refractivity contribution in [2.75, 3.05) is 13.2 Å². The largest absolute Gasteiger partial charge is 0.494 e. The second-order valence-corrected chi connectivity index (χ2v) is 4.74. The molecule has 0 saturated heterocycles. The summed E-state index contributed by atoms with van der Waals surface area (Å²) in [5.74, 6) is -0.326. The first-order chi connectivity index (χ1) is 10.7. The van der Waals surface area contributed by atoms with E-state index in [4.69, 9.17) is 9.84 Å². The number of carboxylic acid groups (broad SMARTS) is 1. The fraction of sp³-hybridized carbons (Fsp3) is 0.400. The molecule has 0 aliphatic carbocycles. The smallest absolute Gasteiger partial charge is 0.358 e. The molecule has 0 radical (unpaired) electrons. The van der Waals surface area contributed by atoms with Crippen LogP contribution in [0.2, 0.25) is 0 Å². The number of aliphatic hydroxyl groups is 1. The first-order valence-corrected chi connectivity index (χ1v) is 7.14. The third-order valence-electron chi connectivity index (χ3n) is 3.17. The Morgan fingerprint density at radius 1 is 1.32 bits per heavy atom. The molecule has 0 atom stereocenters. The molecule has 2 aromatic rings. The van der Waals surface area contributed by atoms with Crippen LogP contribution in [0, 0.1) is 0 Å². The highest BCUT2D eigenvalue weighted by molar-refractivity contribution is 5.86. The van der Waals surface area contributed by atoms with E-state index in [1.54, 1.807) is 0 Å². The zero-order valence-electron chi connectivity index (χ0n) is 12.4. The molecule has 1 aromatic carbocycles. The van der Waals surface area contributed by atoms with Crippen molar-refractivity contribution in [1.29, 1.82) is 0 Å². The van der Waals surface area contributed by atoms with Gasteiger partial charge in [0.15, 0.2) is 5.69 Å². The number of aromatic carboxylic acids is 1. The Kier molecular flexibility index (Phi) is 5.48. The van der Waals surface area contributed by atoms with Crippen LogP contribution in [0.1, 0.15) is 35.1 Å². The van der Waals surface area contributed by atoms with Gasteiger partial charge in [0.2, 0.25) is 0 Å². The minimum atomic E-state index is -1.10. The van der Waals surface area contributed by atoms with Gasteiger partial charge < -0.3 is 14.9 Å². The van der Waals surface area contributed by atoms with Gasteiger partial charge in [0, 0.05) is 19.6 Å². The molecule has 0 spiro atoms. The predicted octanol–water partition coefficient (Wildman–Crippen LogP) is 1.35. The summed E-state index contributed by atoms with van der Waals surface area (Å²) in [5, 5.41) is 25.7. The lowest BCUT2D eigenvalue weighted by Crippen LogP contribution is -2.10. The molecule has 1 heterocycles. The first kappa shape index (κ1) is 16.0. The molecule has 1 aromatic heterocycles. The number of ether oxygens (including phenoxy) is 1. The third kappa shape index (κ3) is 3.82. The van der Waals surface area contributed by atoms with Crippen LogP contribution in [0.4, 0.5) is 0 Å². The van der Waals surface area contributed by atoms with Crippen LogP contribution in [0.3, 0.4) is 0 Å². The monoisotopic (exact) mass is 305 g/mol. The van der Waals surface area contributed by atoms with Gasteiger partial charge in [0.05, 0.1) is 12.3 Å². The van der Waals surface area contributed by atoms with Gasteiger partial charge in [-0.05, 0) is 31.0 Å². The van der Waals surface area contributed by atoms with Crippen molar-refractivity contribution < 1.29 is 19.7 Å². The average molecular weight is 305 g/mol. The van der Waals surface area contributed by atoms with Crippen molar-refractivity contribution in [3.63, 3.8) is 0 Å². The molecule has 0 aliphatic rings. The van der Waals surface area contributed by atoms with E-state index < -0.39 is 5.97 Å². The van der Waals surface area contributed by atoms with Crippen LogP contribution < -0.4 is 4.74 Å². The number of nitrogens with zero attached hydrogens (tertiary/aromatic N) is 3. The molecule has 0 saturated carbocycles. The Balaban J connectivity index is 2.22. The number of carbonyl (C=O) groups is 1. The number of carboxylic acids is 1. The molecule has 0 bridgehead atoms. The quantitative estimate of drug-likeness (QED) is 0.764. The van der Waals surface area contributed by atoms with E-state index in [2.05, 4.69) is 10.3 Å². The number of hydrogen-bond acceptors (Lipinski definition) is 5. The van der Waals surface area contributed by atoms with Gasteiger partial charge in [-0.1, -0.05) is 17.3 Å². The molecule has 2 N–H and O–H groups in total. The number of hydrogen-bond donors (Lipinski definition) is 2. The standard InChI is InChI=1S/C15H19N3O4/c1-2-22-12-6-4-11(5-7-12)10-13-14(15(20)21)16-17-18(13)8-3-9-19/h4-7,19H,2-3,8-10H2,1H3,(H,20,21). The van der Waals surface area contributed by atoms with Crippen LogP contribution in [0.25, 0.3) is 0 Å². The second kappa shape index (κ2) is 7.56. The molecule has 7 heteroatoms. The molecule has 22 heavy (non-hydrogen) atoms. The molecule has 0 aliphatic heterocycles. The van der Waals surface area contributed by atoms with Crippen molar-refractivity contribution in [3.8, 4) is 5.75 Å². The van der Waals surface area contributed by atoms with E-state index in [1.165, 1.54) is 4.68 Å². The van der Waals surface area contributed by atoms with E-state index in [9.17, 15) is 9.90 Å². The maximum atomic E-state index is 11.3. The maximum Gasteiger partial charge on any atom is 0.358 e. The summed E-state index contributed by atoms with van der Waals surface area (Å²) >= 11 is 0. The van der Waals surface area contributed by atoms with E-state index in [0.29, 0.717) is 31.7 Å². The van der Waals surface area contributed by atoms with Crippen LogP contribution in [0.15, 0.2) is 24.3 Å². The SMILES string of the molecule is CCOc1ccc(Cc2c(C(=O)O)nnn2CCCO)cc1. The molecule has 7 nitrogen and oxygen atoms in total. The Labute approximate surface area is 128 Å². The van der Waals surface area contributed by atoms with Gasteiger partial charge in [-0.25, -0.2) is 9.48 Å². The molecule has 0 unspecified atom stereocenters. The highest BCUT2D eigenvalue weighted by Gasteiger charge is 2.19. The summed E-state index contributed by atoms with van der Waals surface area (Å²) in [4.78, 5) is 11.3. The minimum absolute atomic E-state index is 0.0186. The number of aryl methyl sites for hydroxylation is 1. The molecule has 2 rings (SSSR count). The van der Waals surface area contributed by atoms with E-state index in [0.717, 1.165) is 11.3 Å².